The minimum atomic E-state index is -3.37. The predicted molar refractivity (Wildman–Crippen MR) is 497 cm³/mol. The third kappa shape index (κ3) is 24.5. The van der Waals surface area contributed by atoms with Crippen LogP contribution in [0.15, 0.2) is 279 Å². The SMILES string of the molecule is CC(F)(F)c1cc(C(=O)N2CCn3nc(OCc4ccccc4)cc3C2)ccc1F.COc1nccnc1C(=O)N1CCn2nc(OCc3ccccc3)cc2C1.Cc1ccc(C(=O)N2CCCn3nc(OCc4ccccc4)cc3C2)cc1.Cc1ccc(C(=O)N2CCn3nc(OCc4ccccc4)cc3C2)cc1.O=C(c1c(F)cccc1F)N1CCn2nc(OCc3ccccc3)cc2C1. The van der Waals surface area contributed by atoms with Gasteiger partial charge in [0, 0.05) is 106 Å². The zero-order chi connectivity index (χ0) is 95.3. The second kappa shape index (κ2) is 44.2. The molecule has 0 atom stereocenters. The monoisotopic (exact) mass is 1860 g/mol. The standard InChI is InChI=1S/C22H20F3N3O2.C22H23N3O2.C21H21N3O2.C20H17F2N3O2.C19H19N5O3/c1-22(24,25)18-11-16(7-8-19(18)23)21(29)27-9-10-28-17(13-27)12-20(26-28)30-14-15-5-3-2-4-6-15;1-17-8-10-19(11-9-17)22(26)24-12-5-13-25-20(15-24)14-21(23-25)27-16-18-6-3-2-4-7-18;1-16-7-9-18(10-8-16)21(25)23-11-12-24-19(14-23)13-20(22-24)26-15-17-5-3-2-4-6-17;21-16-7-4-8-17(22)19(16)20(26)24-9-10-25-15(12-24)11-18(23-25)27-13-14-5-2-1-3-6-14;1-26-18-17(20-7-8-21-18)19(25)23-9-10-24-15(12-23)11-16(22-24)27-13-14-5-3-2-4-6-14/h2-8,11-12H,9-10,13-14H2,1H3;2-4,6-11,14H,5,12-13,15-16H2,1H3;2-10,13H,11-12,14-15H2,1H3;1-8,11H,9-10,12-13H2;2-8,11H,9-10,12-13H2,1H3. The highest BCUT2D eigenvalue weighted by Gasteiger charge is 2.34. The lowest BCUT2D eigenvalue weighted by Gasteiger charge is -2.28. The van der Waals surface area contributed by atoms with Crippen LogP contribution in [0, 0.1) is 31.3 Å². The Morgan fingerprint density at radius 1 is 0.321 bits per heavy atom. The first-order valence-electron chi connectivity index (χ1n) is 44.8. The molecule has 5 aliphatic rings. The van der Waals surface area contributed by atoms with Gasteiger partial charge in [-0.1, -0.05) is 193 Å². The largest absolute Gasteiger partial charge is 0.479 e. The van der Waals surface area contributed by atoms with Crippen LogP contribution in [0.2, 0.25) is 0 Å². The van der Waals surface area contributed by atoms with Crippen LogP contribution in [-0.4, -0.2) is 153 Å². The second-order valence-electron chi connectivity index (χ2n) is 33.2. The fraction of sp³-hybridized carbons (Fsp3) is 0.250. The molecule has 28 nitrogen and oxygen atoms in total. The fourth-order valence-electron chi connectivity index (χ4n) is 15.8. The maximum atomic E-state index is 13.9. The normalized spacial score (nSPS) is 13.5. The van der Waals surface area contributed by atoms with E-state index in [4.69, 9.17) is 28.4 Å². The van der Waals surface area contributed by atoms with Gasteiger partial charge in [-0.15, -0.1) is 25.5 Å². The first kappa shape index (κ1) is 94.1. The van der Waals surface area contributed by atoms with E-state index < -0.39 is 46.3 Å². The van der Waals surface area contributed by atoms with Crippen molar-refractivity contribution in [2.45, 2.75) is 132 Å². The molecular weight excluding hydrogens is 1760 g/mol. The summed E-state index contributed by atoms with van der Waals surface area (Å²) >= 11 is 0. The molecule has 0 fully saturated rings. The van der Waals surface area contributed by atoms with E-state index in [1.807, 2.05) is 256 Å². The van der Waals surface area contributed by atoms with Crippen molar-refractivity contribution in [1.29, 1.82) is 0 Å². The van der Waals surface area contributed by atoms with Gasteiger partial charge in [-0.25, -0.2) is 31.9 Å². The number of benzene rings is 9. The average molecular weight is 1860 g/mol. The van der Waals surface area contributed by atoms with E-state index in [2.05, 4.69) is 35.5 Å². The Kier molecular flexibility index (Phi) is 30.3. The molecule has 9 aromatic carbocycles. The molecule has 137 heavy (non-hydrogen) atoms. The molecule has 702 valence electrons. The Balaban J connectivity index is 0.000000124. The van der Waals surface area contributed by atoms with E-state index in [9.17, 15) is 45.9 Å². The molecule has 11 heterocycles. The third-order valence-electron chi connectivity index (χ3n) is 23.2. The van der Waals surface area contributed by atoms with Crippen molar-refractivity contribution in [3.05, 3.63) is 398 Å². The number of aryl methyl sites for hydroxylation is 3. The first-order chi connectivity index (χ1) is 66.5. The number of alkyl halides is 2. The molecule has 6 aromatic heterocycles. The van der Waals surface area contributed by atoms with E-state index in [-0.39, 0.29) is 47.9 Å². The smallest absolute Gasteiger partial charge is 0.278 e. The number of carbonyl (C=O) groups excluding carboxylic acids is 5. The fourth-order valence-corrected chi connectivity index (χ4v) is 15.8. The highest BCUT2D eigenvalue weighted by atomic mass is 19.3. The van der Waals surface area contributed by atoms with E-state index in [0.717, 1.165) is 122 Å². The number of hydrogen-bond donors (Lipinski definition) is 0. The lowest BCUT2D eigenvalue weighted by atomic mass is 10.0. The summed E-state index contributed by atoms with van der Waals surface area (Å²) in [5.74, 6) is -4.37. The van der Waals surface area contributed by atoms with Crippen LogP contribution in [0.1, 0.15) is 138 Å². The summed E-state index contributed by atoms with van der Waals surface area (Å²) < 4.78 is 112. The van der Waals surface area contributed by atoms with Crippen molar-refractivity contribution in [2.24, 2.45) is 0 Å². The van der Waals surface area contributed by atoms with E-state index >= 15 is 0 Å². The summed E-state index contributed by atoms with van der Waals surface area (Å²) in [5, 5.41) is 22.3. The number of methoxy groups -OCH3 is 1. The molecular formula is C104H100F5N17O11. The topological polar surface area (TPSA) is 272 Å². The zero-order valence-corrected chi connectivity index (χ0v) is 75.9. The molecule has 0 saturated carbocycles. The summed E-state index contributed by atoms with van der Waals surface area (Å²) in [6.45, 7) is 14.4. The number of aromatic nitrogens is 12. The maximum absolute atomic E-state index is 13.9. The Hall–Kier alpha value is -16.1. The average Bonchev–Trinajstić information content (AvgIpc) is 1.80. The molecule has 0 N–H and O–H groups in total. The highest BCUT2D eigenvalue weighted by Crippen LogP contribution is 2.33. The minimum Gasteiger partial charge on any atom is -0.479 e. The minimum absolute atomic E-state index is 0.0291. The van der Waals surface area contributed by atoms with Crippen LogP contribution >= 0.6 is 0 Å². The molecule has 0 unspecified atom stereocenters. The highest BCUT2D eigenvalue weighted by molar-refractivity contribution is 5.97. The molecule has 0 aliphatic carbocycles. The third-order valence-corrected chi connectivity index (χ3v) is 23.2. The van der Waals surface area contributed by atoms with Gasteiger partial charge in [0.05, 0.1) is 100 Å². The van der Waals surface area contributed by atoms with Crippen LogP contribution in [-0.2, 0) is 104 Å². The van der Waals surface area contributed by atoms with Gasteiger partial charge < -0.3 is 52.9 Å². The van der Waals surface area contributed by atoms with Gasteiger partial charge in [0.25, 0.3) is 35.5 Å². The Bertz CT molecular complexity index is 6620. The van der Waals surface area contributed by atoms with Crippen LogP contribution in [0.25, 0.3) is 0 Å². The van der Waals surface area contributed by atoms with E-state index in [1.54, 1.807) is 26.4 Å². The van der Waals surface area contributed by atoms with Gasteiger partial charge in [0.1, 0.15) is 56.0 Å². The van der Waals surface area contributed by atoms with Crippen molar-refractivity contribution < 1.29 is 74.3 Å². The van der Waals surface area contributed by atoms with Crippen LogP contribution < -0.4 is 28.4 Å². The summed E-state index contributed by atoms with van der Waals surface area (Å²) in [6, 6.07) is 80.6. The molecule has 15 aromatic rings. The second-order valence-corrected chi connectivity index (χ2v) is 33.2. The maximum Gasteiger partial charge on any atom is 0.278 e. The predicted octanol–water partition coefficient (Wildman–Crippen LogP) is 16.9. The van der Waals surface area contributed by atoms with Crippen LogP contribution in [0.5, 0.6) is 35.3 Å². The van der Waals surface area contributed by atoms with Gasteiger partial charge in [0.15, 0.2) is 5.69 Å². The lowest BCUT2D eigenvalue weighted by molar-refractivity contribution is 0.0136. The molecule has 0 bridgehead atoms. The Morgan fingerprint density at radius 2 is 0.620 bits per heavy atom. The van der Waals surface area contributed by atoms with Crippen molar-refractivity contribution >= 4 is 29.5 Å². The quantitative estimate of drug-likeness (QED) is 0.0570. The molecule has 20 rings (SSSR count). The molecule has 0 saturated heterocycles. The summed E-state index contributed by atoms with van der Waals surface area (Å²) in [4.78, 5) is 80.3. The molecule has 5 aliphatic heterocycles. The van der Waals surface area contributed by atoms with E-state index in [0.29, 0.717) is 141 Å². The summed E-state index contributed by atoms with van der Waals surface area (Å²) in [5.41, 5.74) is 12.5. The molecule has 5 amide bonds. The van der Waals surface area contributed by atoms with Crippen LogP contribution in [0.4, 0.5) is 22.0 Å². The summed E-state index contributed by atoms with van der Waals surface area (Å²) in [7, 11) is 1.47. The van der Waals surface area contributed by atoms with Crippen molar-refractivity contribution in [3.63, 3.8) is 0 Å². The number of hydrogen-bond acceptors (Lipinski definition) is 18. The Labute approximate surface area is 787 Å². The number of fused-ring (bicyclic) bond motifs is 5. The van der Waals surface area contributed by atoms with Gasteiger partial charge in [0.2, 0.25) is 35.3 Å². The number of halogens is 5. The Morgan fingerprint density at radius 3 is 0.956 bits per heavy atom. The molecule has 0 spiro atoms. The molecule has 0 radical (unpaired) electrons. The number of amides is 5. The van der Waals surface area contributed by atoms with Gasteiger partial charge in [-0.05, 0) is 103 Å². The lowest BCUT2D eigenvalue weighted by Crippen LogP contribution is -2.39. The first-order valence-corrected chi connectivity index (χ1v) is 44.8. The van der Waals surface area contributed by atoms with Crippen LogP contribution in [0.3, 0.4) is 0 Å². The van der Waals surface area contributed by atoms with Crippen molar-refractivity contribution in [2.75, 3.05) is 39.8 Å². The van der Waals surface area contributed by atoms with Crippen molar-refractivity contribution in [3.8, 4) is 35.3 Å². The number of rotatable bonds is 22. The van der Waals surface area contributed by atoms with Gasteiger partial charge in [-0.3, -0.25) is 47.4 Å². The van der Waals surface area contributed by atoms with Gasteiger partial charge in [-0.2, -0.15) is 0 Å². The van der Waals surface area contributed by atoms with Crippen molar-refractivity contribution in [1.82, 2.24) is 83.4 Å². The van der Waals surface area contributed by atoms with Gasteiger partial charge >= 0.3 is 0 Å². The number of ether oxygens (including phenoxy) is 6. The zero-order valence-electron chi connectivity index (χ0n) is 75.9. The number of carbonyl (C=O) groups is 5. The van der Waals surface area contributed by atoms with E-state index in [1.165, 1.54) is 41.4 Å². The summed E-state index contributed by atoms with van der Waals surface area (Å²) in [6.07, 6.45) is 3.86. The number of nitrogens with zero attached hydrogens (tertiary/aromatic N) is 17. The molecule has 33 heteroatoms.